The van der Waals surface area contributed by atoms with E-state index in [1.54, 1.807) is 0 Å². The van der Waals surface area contributed by atoms with E-state index in [0.29, 0.717) is 29.3 Å². The van der Waals surface area contributed by atoms with Gasteiger partial charge >= 0.3 is 0 Å². The Labute approximate surface area is 206 Å². The van der Waals surface area contributed by atoms with E-state index in [1.165, 1.54) is 38.8 Å². The van der Waals surface area contributed by atoms with Crippen molar-refractivity contribution in [3.05, 3.63) is 35.2 Å². The lowest BCUT2D eigenvalue weighted by Gasteiger charge is -2.36. The van der Waals surface area contributed by atoms with Gasteiger partial charge in [-0.2, -0.15) is 4.98 Å². The molecule has 1 aliphatic carbocycles. The lowest BCUT2D eigenvalue weighted by molar-refractivity contribution is 0.150. The number of hydrogen-bond acceptors (Lipinski definition) is 5. The average molecular weight is 559 g/mol. The Morgan fingerprint density at radius 3 is 2.55 bits per heavy atom. The van der Waals surface area contributed by atoms with Gasteiger partial charge in [-0.3, -0.25) is 0 Å². The average Bonchev–Trinajstić information content (AvgIpc) is 3.46. The smallest absolute Gasteiger partial charge is 0.248 e. The summed E-state index contributed by atoms with van der Waals surface area (Å²) < 4.78 is 5.38. The standard InChI is InChI=1S/C22H31ClN6O.HI/c1-2-24-22(26-18-11-13-29(14-12-18)19-5-3-4-6-19)25-15-20-27-21(28-30-20)16-7-9-17(23)10-8-16;/h7-10,18-19H,2-6,11-15H2,1H3,(H2,24,25,26);1H. The molecule has 7 nitrogen and oxygen atoms in total. The normalized spacial score (nSPS) is 18.7. The zero-order valence-corrected chi connectivity index (χ0v) is 21.1. The molecule has 1 saturated heterocycles. The highest BCUT2D eigenvalue weighted by molar-refractivity contribution is 14.0. The summed E-state index contributed by atoms with van der Waals surface area (Å²) in [5.74, 6) is 1.85. The maximum Gasteiger partial charge on any atom is 0.248 e. The van der Waals surface area contributed by atoms with Crippen LogP contribution < -0.4 is 10.6 Å². The quantitative estimate of drug-likeness (QED) is 0.309. The number of benzene rings is 1. The van der Waals surface area contributed by atoms with Gasteiger partial charge in [-0.25, -0.2) is 4.99 Å². The molecule has 1 saturated carbocycles. The van der Waals surface area contributed by atoms with E-state index in [9.17, 15) is 0 Å². The summed E-state index contributed by atoms with van der Waals surface area (Å²) in [5.41, 5.74) is 0.873. The third-order valence-corrected chi connectivity index (χ3v) is 6.25. The van der Waals surface area contributed by atoms with Crippen LogP contribution in [-0.2, 0) is 6.54 Å². The molecule has 0 spiro atoms. The van der Waals surface area contributed by atoms with Gasteiger partial charge in [0.25, 0.3) is 0 Å². The van der Waals surface area contributed by atoms with Crippen LogP contribution in [0.3, 0.4) is 0 Å². The highest BCUT2D eigenvalue weighted by Crippen LogP contribution is 2.26. The molecule has 1 aromatic carbocycles. The van der Waals surface area contributed by atoms with Gasteiger partial charge in [0.2, 0.25) is 11.7 Å². The minimum atomic E-state index is 0. The van der Waals surface area contributed by atoms with Gasteiger partial charge in [0.05, 0.1) is 0 Å². The molecule has 2 heterocycles. The second-order valence-corrected chi connectivity index (χ2v) is 8.54. The summed E-state index contributed by atoms with van der Waals surface area (Å²) in [7, 11) is 0. The number of halogens is 2. The molecule has 0 bridgehead atoms. The lowest BCUT2D eigenvalue weighted by atomic mass is 10.0. The van der Waals surface area contributed by atoms with Crippen molar-refractivity contribution in [2.24, 2.45) is 4.99 Å². The van der Waals surface area contributed by atoms with Gasteiger partial charge in [0.15, 0.2) is 5.96 Å². The van der Waals surface area contributed by atoms with E-state index < -0.39 is 0 Å². The molecule has 0 unspecified atom stereocenters. The van der Waals surface area contributed by atoms with E-state index >= 15 is 0 Å². The summed E-state index contributed by atoms with van der Waals surface area (Å²) in [5, 5.41) is 11.7. The second-order valence-electron chi connectivity index (χ2n) is 8.11. The van der Waals surface area contributed by atoms with Crippen LogP contribution >= 0.6 is 35.6 Å². The van der Waals surface area contributed by atoms with E-state index in [0.717, 1.165) is 37.0 Å². The summed E-state index contributed by atoms with van der Waals surface area (Å²) >= 11 is 5.94. The Morgan fingerprint density at radius 2 is 1.87 bits per heavy atom. The van der Waals surface area contributed by atoms with Gasteiger partial charge in [0, 0.05) is 42.3 Å². The molecule has 9 heteroatoms. The van der Waals surface area contributed by atoms with Crippen molar-refractivity contribution >= 4 is 41.5 Å². The van der Waals surface area contributed by atoms with E-state index in [2.05, 4.69) is 37.6 Å². The summed E-state index contributed by atoms with van der Waals surface area (Å²) in [4.78, 5) is 11.8. The number of nitrogens with one attached hydrogen (secondary N) is 2. The van der Waals surface area contributed by atoms with Crippen LogP contribution in [0.25, 0.3) is 11.4 Å². The van der Waals surface area contributed by atoms with Gasteiger partial charge in [-0.15, -0.1) is 24.0 Å². The number of piperidine rings is 1. The summed E-state index contributed by atoms with van der Waals surface area (Å²) in [6, 6.07) is 8.66. The van der Waals surface area contributed by atoms with Crippen molar-refractivity contribution in [1.29, 1.82) is 0 Å². The molecule has 2 fully saturated rings. The molecular weight excluding hydrogens is 527 g/mol. The lowest BCUT2D eigenvalue weighted by Crippen LogP contribution is -2.50. The van der Waals surface area contributed by atoms with Crippen molar-refractivity contribution < 1.29 is 4.52 Å². The predicted octanol–water partition coefficient (Wildman–Crippen LogP) is 4.47. The van der Waals surface area contributed by atoms with Crippen molar-refractivity contribution in [3.8, 4) is 11.4 Å². The molecular formula is C22H32ClIN6O. The molecule has 4 rings (SSSR count). The Morgan fingerprint density at radius 1 is 1.16 bits per heavy atom. The van der Waals surface area contributed by atoms with Crippen LogP contribution in [0.5, 0.6) is 0 Å². The zero-order chi connectivity index (χ0) is 20.8. The Bertz CT molecular complexity index is 829. The molecule has 1 aliphatic heterocycles. The number of likely N-dealkylation sites (tertiary alicyclic amines) is 1. The first-order valence-corrected chi connectivity index (χ1v) is 11.5. The molecule has 0 amide bonds. The predicted molar refractivity (Wildman–Crippen MR) is 135 cm³/mol. The fraction of sp³-hybridized carbons (Fsp3) is 0.591. The summed E-state index contributed by atoms with van der Waals surface area (Å²) in [6.45, 7) is 5.58. The van der Waals surface area contributed by atoms with E-state index in [-0.39, 0.29) is 24.0 Å². The number of rotatable bonds is 6. The molecule has 2 aromatic rings. The highest BCUT2D eigenvalue weighted by atomic mass is 127. The number of nitrogens with zero attached hydrogens (tertiary/aromatic N) is 4. The molecule has 0 radical (unpaired) electrons. The third kappa shape index (κ3) is 6.79. The fourth-order valence-corrected chi connectivity index (χ4v) is 4.50. The van der Waals surface area contributed by atoms with Crippen LogP contribution in [0.2, 0.25) is 5.02 Å². The van der Waals surface area contributed by atoms with Gasteiger partial charge < -0.3 is 20.1 Å². The van der Waals surface area contributed by atoms with E-state index in [1.807, 2.05) is 24.3 Å². The van der Waals surface area contributed by atoms with Crippen molar-refractivity contribution in [2.45, 2.75) is 64.1 Å². The van der Waals surface area contributed by atoms with Crippen LogP contribution in [0.15, 0.2) is 33.8 Å². The largest absolute Gasteiger partial charge is 0.357 e. The van der Waals surface area contributed by atoms with Crippen molar-refractivity contribution in [2.75, 3.05) is 19.6 Å². The third-order valence-electron chi connectivity index (χ3n) is 6.00. The van der Waals surface area contributed by atoms with Crippen LogP contribution in [0, 0.1) is 0 Å². The first-order chi connectivity index (χ1) is 14.7. The van der Waals surface area contributed by atoms with Crippen molar-refractivity contribution in [3.63, 3.8) is 0 Å². The monoisotopic (exact) mass is 558 g/mol. The van der Waals surface area contributed by atoms with Crippen LogP contribution in [-0.4, -0.2) is 52.7 Å². The Kier molecular flexibility index (Phi) is 9.40. The first kappa shape index (κ1) is 24.3. The molecule has 31 heavy (non-hydrogen) atoms. The maximum absolute atomic E-state index is 5.94. The van der Waals surface area contributed by atoms with E-state index in [4.69, 9.17) is 16.1 Å². The molecule has 170 valence electrons. The molecule has 1 aromatic heterocycles. The zero-order valence-electron chi connectivity index (χ0n) is 18.0. The van der Waals surface area contributed by atoms with Gasteiger partial charge in [-0.05, 0) is 56.9 Å². The second kappa shape index (κ2) is 12.0. The Balaban J connectivity index is 0.00000272. The van der Waals surface area contributed by atoms with Crippen molar-refractivity contribution in [1.82, 2.24) is 25.7 Å². The highest BCUT2D eigenvalue weighted by Gasteiger charge is 2.27. The number of hydrogen-bond donors (Lipinski definition) is 2. The number of aliphatic imine (C=N–C) groups is 1. The number of aromatic nitrogens is 2. The molecule has 2 N–H and O–H groups in total. The SMILES string of the molecule is CCNC(=NCc1nc(-c2ccc(Cl)cc2)no1)NC1CCN(C2CCCC2)CC1.I. The minimum Gasteiger partial charge on any atom is -0.357 e. The molecule has 2 aliphatic rings. The van der Waals surface area contributed by atoms with Crippen LogP contribution in [0.4, 0.5) is 0 Å². The topological polar surface area (TPSA) is 78.6 Å². The number of guanidine groups is 1. The first-order valence-electron chi connectivity index (χ1n) is 11.1. The fourth-order valence-electron chi connectivity index (χ4n) is 4.37. The maximum atomic E-state index is 5.94. The minimum absolute atomic E-state index is 0. The Hall–Kier alpha value is -1.39. The van der Waals surface area contributed by atoms with Crippen LogP contribution in [0.1, 0.15) is 51.3 Å². The molecule has 0 atom stereocenters. The van der Waals surface area contributed by atoms with Gasteiger partial charge in [-0.1, -0.05) is 29.6 Å². The summed E-state index contributed by atoms with van der Waals surface area (Å²) in [6.07, 6.45) is 7.87. The van der Waals surface area contributed by atoms with Gasteiger partial charge in [0.1, 0.15) is 6.54 Å².